The van der Waals surface area contributed by atoms with Gasteiger partial charge in [-0.25, -0.2) is 0 Å². The van der Waals surface area contributed by atoms with Gasteiger partial charge >= 0.3 is 0 Å². The lowest BCUT2D eigenvalue weighted by atomic mass is 9.88. The zero-order valence-electron chi connectivity index (χ0n) is 13.7. The first-order valence-corrected chi connectivity index (χ1v) is 8.22. The Kier molecular flexibility index (Phi) is 6.50. The third-order valence-corrected chi connectivity index (χ3v) is 4.84. The Morgan fingerprint density at radius 1 is 1.08 bits per heavy atom. The van der Waals surface area contributed by atoms with E-state index in [1.807, 2.05) is 12.3 Å². The van der Waals surface area contributed by atoms with Gasteiger partial charge in [0.15, 0.2) is 0 Å². The molecule has 3 heterocycles. The number of aromatic nitrogens is 1. The maximum atomic E-state index is 6.36. The molecule has 0 bridgehead atoms. The molecule has 2 aliphatic rings. The average Bonchev–Trinajstić information content (AvgIpc) is 2.91. The van der Waals surface area contributed by atoms with Crippen LogP contribution in [0.25, 0.3) is 0 Å². The number of hydrogen-bond donors (Lipinski definition) is 0. The van der Waals surface area contributed by atoms with Crippen molar-refractivity contribution < 1.29 is 4.74 Å². The van der Waals surface area contributed by atoms with Gasteiger partial charge in [-0.3, -0.25) is 9.88 Å². The van der Waals surface area contributed by atoms with Crippen molar-refractivity contribution in [3.63, 3.8) is 0 Å². The molecule has 5 heteroatoms. The second-order valence-electron chi connectivity index (χ2n) is 6.52. The van der Waals surface area contributed by atoms with E-state index in [9.17, 15) is 0 Å². The maximum absolute atomic E-state index is 6.36. The second kappa shape index (κ2) is 8.19. The largest absolute Gasteiger partial charge is 0.485 e. The predicted molar refractivity (Wildman–Crippen MR) is 102 cm³/mol. The summed E-state index contributed by atoms with van der Waals surface area (Å²) in [5.74, 6) is 1.09. The molecule has 0 radical (unpaired) electrons. The molecule has 2 aromatic rings. The van der Waals surface area contributed by atoms with Crippen LogP contribution in [0, 0.1) is 0 Å². The van der Waals surface area contributed by atoms with Crippen molar-refractivity contribution in [2.24, 2.45) is 0 Å². The van der Waals surface area contributed by atoms with E-state index in [2.05, 4.69) is 46.3 Å². The summed E-state index contributed by atoms with van der Waals surface area (Å²) in [6, 6.07) is 14.7. The quantitative estimate of drug-likeness (QED) is 0.822. The number of ether oxygens (including phenoxy) is 1. The fourth-order valence-corrected chi connectivity index (χ4v) is 3.79. The summed E-state index contributed by atoms with van der Waals surface area (Å²) in [4.78, 5) is 6.97. The first-order chi connectivity index (χ1) is 10.8. The van der Waals surface area contributed by atoms with Gasteiger partial charge in [-0.1, -0.05) is 24.3 Å². The van der Waals surface area contributed by atoms with Gasteiger partial charge in [-0.05, 0) is 43.1 Å². The number of halogens is 2. The SMILES string of the molecule is Cl.Cl.c1ccc(CCN2CCCC3(Cc4ccccc4O3)C2)nc1. The topological polar surface area (TPSA) is 25.4 Å². The van der Waals surface area contributed by atoms with Gasteiger partial charge in [0.2, 0.25) is 0 Å². The summed E-state index contributed by atoms with van der Waals surface area (Å²) in [5.41, 5.74) is 2.55. The van der Waals surface area contributed by atoms with Gasteiger partial charge < -0.3 is 4.74 Å². The number of piperidine rings is 1. The van der Waals surface area contributed by atoms with E-state index in [0.717, 1.165) is 31.7 Å². The lowest BCUT2D eigenvalue weighted by Crippen LogP contribution is -2.51. The van der Waals surface area contributed by atoms with Gasteiger partial charge in [-0.2, -0.15) is 0 Å². The number of hydrogen-bond acceptors (Lipinski definition) is 3. The minimum Gasteiger partial charge on any atom is -0.485 e. The highest BCUT2D eigenvalue weighted by Crippen LogP contribution is 2.39. The molecule has 1 spiro atoms. The third-order valence-electron chi connectivity index (χ3n) is 4.84. The monoisotopic (exact) mass is 366 g/mol. The summed E-state index contributed by atoms with van der Waals surface area (Å²) in [6.07, 6.45) is 6.34. The van der Waals surface area contributed by atoms with Crippen LogP contribution in [0.15, 0.2) is 48.7 Å². The molecule has 2 aliphatic heterocycles. The molecule has 1 fully saturated rings. The summed E-state index contributed by atoms with van der Waals surface area (Å²) in [5, 5.41) is 0. The number of likely N-dealkylation sites (tertiary alicyclic amines) is 1. The van der Waals surface area contributed by atoms with Gasteiger partial charge in [0, 0.05) is 37.8 Å². The molecule has 1 unspecified atom stereocenters. The molecule has 4 rings (SSSR count). The number of fused-ring (bicyclic) bond motifs is 1. The number of nitrogens with zero attached hydrogens (tertiary/aromatic N) is 2. The van der Waals surface area contributed by atoms with Crippen LogP contribution in [-0.2, 0) is 12.8 Å². The van der Waals surface area contributed by atoms with Gasteiger partial charge in [-0.15, -0.1) is 24.8 Å². The predicted octanol–water partition coefficient (Wildman–Crippen LogP) is 3.94. The summed E-state index contributed by atoms with van der Waals surface area (Å²) in [7, 11) is 0. The Labute approximate surface area is 156 Å². The number of benzene rings is 1. The molecule has 1 saturated heterocycles. The van der Waals surface area contributed by atoms with E-state index >= 15 is 0 Å². The van der Waals surface area contributed by atoms with E-state index in [4.69, 9.17) is 4.74 Å². The van der Waals surface area contributed by atoms with Crippen LogP contribution in [0.5, 0.6) is 5.75 Å². The lowest BCUT2D eigenvalue weighted by molar-refractivity contribution is 0.00868. The van der Waals surface area contributed by atoms with Crippen molar-refractivity contribution in [2.75, 3.05) is 19.6 Å². The number of pyridine rings is 1. The van der Waals surface area contributed by atoms with Gasteiger partial charge in [0.05, 0.1) is 0 Å². The third kappa shape index (κ3) is 4.02. The molecule has 3 nitrogen and oxygen atoms in total. The molecule has 24 heavy (non-hydrogen) atoms. The van der Waals surface area contributed by atoms with Crippen LogP contribution >= 0.6 is 24.8 Å². The normalized spacial score (nSPS) is 22.2. The average molecular weight is 367 g/mol. The van der Waals surface area contributed by atoms with Crippen LogP contribution in [0.4, 0.5) is 0 Å². The Balaban J connectivity index is 0.00000104. The van der Waals surface area contributed by atoms with E-state index in [1.54, 1.807) is 0 Å². The second-order valence-corrected chi connectivity index (χ2v) is 6.52. The van der Waals surface area contributed by atoms with Crippen LogP contribution < -0.4 is 4.74 Å². The minimum absolute atomic E-state index is 0. The van der Waals surface area contributed by atoms with Crippen molar-refractivity contribution in [3.8, 4) is 5.75 Å². The van der Waals surface area contributed by atoms with Crippen molar-refractivity contribution in [1.29, 1.82) is 0 Å². The summed E-state index contributed by atoms with van der Waals surface area (Å²) < 4.78 is 6.36. The van der Waals surface area contributed by atoms with Crippen molar-refractivity contribution in [2.45, 2.75) is 31.3 Å². The fraction of sp³-hybridized carbons (Fsp3) is 0.421. The van der Waals surface area contributed by atoms with Crippen molar-refractivity contribution >= 4 is 24.8 Å². The summed E-state index contributed by atoms with van der Waals surface area (Å²) in [6.45, 7) is 3.28. The van der Waals surface area contributed by atoms with E-state index < -0.39 is 0 Å². The maximum Gasteiger partial charge on any atom is 0.126 e. The Bertz CT molecular complexity index is 626. The molecule has 130 valence electrons. The minimum atomic E-state index is 0. The highest BCUT2D eigenvalue weighted by atomic mass is 35.5. The first kappa shape index (κ1) is 19.0. The zero-order chi connectivity index (χ0) is 14.8. The Hall–Kier alpha value is -1.29. The molecule has 0 amide bonds. The molecule has 1 aromatic carbocycles. The molecule has 1 atom stereocenters. The van der Waals surface area contributed by atoms with Crippen LogP contribution in [-0.4, -0.2) is 35.1 Å². The Morgan fingerprint density at radius 3 is 2.71 bits per heavy atom. The smallest absolute Gasteiger partial charge is 0.126 e. The summed E-state index contributed by atoms with van der Waals surface area (Å²) >= 11 is 0. The highest BCUT2D eigenvalue weighted by molar-refractivity contribution is 5.85. The lowest BCUT2D eigenvalue weighted by Gasteiger charge is -2.39. The molecule has 0 N–H and O–H groups in total. The number of para-hydroxylation sites is 1. The Morgan fingerprint density at radius 2 is 1.92 bits per heavy atom. The van der Waals surface area contributed by atoms with E-state index in [0.29, 0.717) is 0 Å². The van der Waals surface area contributed by atoms with Crippen molar-refractivity contribution in [1.82, 2.24) is 9.88 Å². The fourth-order valence-electron chi connectivity index (χ4n) is 3.79. The van der Waals surface area contributed by atoms with Crippen LogP contribution in [0.3, 0.4) is 0 Å². The molecule has 1 aromatic heterocycles. The van der Waals surface area contributed by atoms with Gasteiger partial charge in [0.25, 0.3) is 0 Å². The molecule has 0 saturated carbocycles. The standard InChI is InChI=1S/C19H22N2O.2ClH/c1-2-8-18-16(6-1)14-19(22-18)10-5-12-21(15-19)13-9-17-7-3-4-11-20-17;;/h1-4,6-8,11H,5,9-10,12-15H2;2*1H. The number of rotatable bonds is 3. The first-order valence-electron chi connectivity index (χ1n) is 8.22. The molecular weight excluding hydrogens is 343 g/mol. The van der Waals surface area contributed by atoms with Crippen molar-refractivity contribution in [3.05, 3.63) is 59.9 Å². The van der Waals surface area contributed by atoms with Crippen LogP contribution in [0.1, 0.15) is 24.1 Å². The van der Waals surface area contributed by atoms with E-state index in [1.165, 1.54) is 30.6 Å². The highest BCUT2D eigenvalue weighted by Gasteiger charge is 2.42. The van der Waals surface area contributed by atoms with Crippen LogP contribution in [0.2, 0.25) is 0 Å². The molecular formula is C19H24Cl2N2O. The zero-order valence-corrected chi connectivity index (χ0v) is 15.3. The molecule has 0 aliphatic carbocycles. The van der Waals surface area contributed by atoms with Gasteiger partial charge in [0.1, 0.15) is 11.4 Å². The van der Waals surface area contributed by atoms with E-state index in [-0.39, 0.29) is 30.4 Å².